The van der Waals surface area contributed by atoms with E-state index in [0.717, 1.165) is 5.56 Å². The highest BCUT2D eigenvalue weighted by molar-refractivity contribution is 5.97. The van der Waals surface area contributed by atoms with Crippen molar-refractivity contribution in [2.75, 3.05) is 13.7 Å². The van der Waals surface area contributed by atoms with Crippen molar-refractivity contribution in [3.05, 3.63) is 105 Å². The zero-order chi connectivity index (χ0) is 25.2. The average Bonchev–Trinajstić information content (AvgIpc) is 2.86. The first-order chi connectivity index (χ1) is 17.4. The molecule has 36 heavy (non-hydrogen) atoms. The molecular weight excluding hydrogens is 458 g/mol. The van der Waals surface area contributed by atoms with Crippen molar-refractivity contribution in [3.63, 3.8) is 0 Å². The second-order valence-corrected chi connectivity index (χ2v) is 8.63. The summed E-state index contributed by atoms with van der Waals surface area (Å²) in [6, 6.07) is 21.5. The summed E-state index contributed by atoms with van der Waals surface area (Å²) in [4.78, 5) is 27.7. The predicted octanol–water partition coefficient (Wildman–Crippen LogP) is 5.30. The lowest BCUT2D eigenvalue weighted by atomic mass is 9.99. The molecule has 7 nitrogen and oxygen atoms in total. The van der Waals surface area contributed by atoms with Crippen LogP contribution in [0, 0.1) is 0 Å². The molecule has 182 valence electrons. The number of nitrogens with zero attached hydrogens (tertiary/aromatic N) is 1. The van der Waals surface area contributed by atoms with Gasteiger partial charge >= 0.3 is 11.3 Å². The van der Waals surface area contributed by atoms with E-state index >= 15 is 0 Å². The minimum absolute atomic E-state index is 0.00890. The van der Waals surface area contributed by atoms with Crippen molar-refractivity contribution in [3.8, 4) is 22.6 Å². The van der Waals surface area contributed by atoms with Crippen LogP contribution in [-0.2, 0) is 13.1 Å². The van der Waals surface area contributed by atoms with Crippen molar-refractivity contribution in [1.29, 1.82) is 0 Å². The van der Waals surface area contributed by atoms with Gasteiger partial charge in [-0.2, -0.15) is 0 Å². The maximum absolute atomic E-state index is 13.1. The number of fused-ring (bicyclic) bond motifs is 2. The molecule has 5 rings (SSSR count). The molecule has 0 aliphatic carbocycles. The number of aromatic hydroxyl groups is 1. The maximum atomic E-state index is 13.1. The number of benzene rings is 3. The van der Waals surface area contributed by atoms with Gasteiger partial charge in [-0.1, -0.05) is 42.5 Å². The molecule has 0 aliphatic heterocycles. The van der Waals surface area contributed by atoms with E-state index in [2.05, 4.69) is 0 Å². The Hall–Kier alpha value is -4.36. The predicted molar refractivity (Wildman–Crippen MR) is 138 cm³/mol. The minimum atomic E-state index is -0.627. The summed E-state index contributed by atoms with van der Waals surface area (Å²) in [5, 5.41) is 11.9. The Morgan fingerprint density at radius 1 is 0.861 bits per heavy atom. The normalized spacial score (nSPS) is 11.4. The third kappa shape index (κ3) is 4.48. The van der Waals surface area contributed by atoms with E-state index in [9.17, 15) is 14.7 Å². The monoisotopic (exact) mass is 483 g/mol. The van der Waals surface area contributed by atoms with E-state index in [0.29, 0.717) is 52.9 Å². The molecule has 7 heteroatoms. The van der Waals surface area contributed by atoms with Crippen LogP contribution in [0.15, 0.2) is 91.2 Å². The fourth-order valence-corrected chi connectivity index (χ4v) is 4.44. The van der Waals surface area contributed by atoms with Crippen LogP contribution in [-0.4, -0.2) is 23.7 Å². The Kier molecular flexibility index (Phi) is 6.31. The number of hydrogen-bond acceptors (Lipinski definition) is 7. The van der Waals surface area contributed by atoms with E-state index in [1.54, 1.807) is 24.3 Å². The van der Waals surface area contributed by atoms with Crippen LogP contribution in [0.3, 0.4) is 0 Å². The van der Waals surface area contributed by atoms with Crippen LogP contribution in [0.1, 0.15) is 18.1 Å². The van der Waals surface area contributed by atoms with Gasteiger partial charge in [-0.3, -0.25) is 4.90 Å². The van der Waals surface area contributed by atoms with Gasteiger partial charge in [0.25, 0.3) is 0 Å². The highest BCUT2D eigenvalue weighted by Crippen LogP contribution is 2.34. The van der Waals surface area contributed by atoms with E-state index in [1.807, 2.05) is 61.3 Å². The van der Waals surface area contributed by atoms with Gasteiger partial charge in [0.15, 0.2) is 11.3 Å². The summed E-state index contributed by atoms with van der Waals surface area (Å²) in [5.74, 6) is 0.486. The highest BCUT2D eigenvalue weighted by Gasteiger charge is 2.19. The number of hydrogen-bond donors (Lipinski definition) is 1. The molecule has 0 bridgehead atoms. The van der Waals surface area contributed by atoms with Crippen molar-refractivity contribution >= 4 is 21.9 Å². The van der Waals surface area contributed by atoms with Gasteiger partial charge in [-0.05, 0) is 43.8 Å². The Morgan fingerprint density at radius 2 is 1.67 bits per heavy atom. The Bertz CT molecular complexity index is 1670. The SMILES string of the molecule is CCOc1cccc2cc(-c3cc(=O)oc4c(CN(C)Cc5ccccc5)c(O)ccc34)c(=O)oc12. The number of ether oxygens (including phenoxy) is 1. The van der Waals surface area contributed by atoms with E-state index in [4.69, 9.17) is 13.6 Å². The molecule has 2 aromatic heterocycles. The fourth-order valence-electron chi connectivity index (χ4n) is 4.44. The van der Waals surface area contributed by atoms with Crippen LogP contribution in [0.25, 0.3) is 33.1 Å². The molecule has 3 aromatic carbocycles. The number of phenols is 1. The summed E-state index contributed by atoms with van der Waals surface area (Å²) < 4.78 is 16.8. The number of para-hydroxylation sites is 1. The first-order valence-electron chi connectivity index (χ1n) is 11.7. The molecule has 1 N–H and O–H groups in total. The van der Waals surface area contributed by atoms with E-state index in [-0.39, 0.29) is 16.9 Å². The Balaban J connectivity index is 1.63. The van der Waals surface area contributed by atoms with Crippen molar-refractivity contribution < 1.29 is 18.7 Å². The topological polar surface area (TPSA) is 93.1 Å². The number of phenolic OH excluding ortho intramolecular Hbond substituents is 1. The summed E-state index contributed by atoms with van der Waals surface area (Å²) in [5.41, 5.74) is 1.54. The van der Waals surface area contributed by atoms with Crippen LogP contribution < -0.4 is 16.0 Å². The first-order valence-corrected chi connectivity index (χ1v) is 11.7. The highest BCUT2D eigenvalue weighted by atomic mass is 16.5. The lowest BCUT2D eigenvalue weighted by Gasteiger charge is -2.19. The summed E-state index contributed by atoms with van der Waals surface area (Å²) in [7, 11) is 1.92. The van der Waals surface area contributed by atoms with Gasteiger partial charge in [0.2, 0.25) is 0 Å². The largest absolute Gasteiger partial charge is 0.507 e. The Labute approximate surface area is 206 Å². The van der Waals surface area contributed by atoms with Gasteiger partial charge in [0.1, 0.15) is 11.3 Å². The molecule has 5 aromatic rings. The van der Waals surface area contributed by atoms with Gasteiger partial charge in [0, 0.05) is 35.5 Å². The zero-order valence-electron chi connectivity index (χ0n) is 20.0. The van der Waals surface area contributed by atoms with Crippen LogP contribution in [0.5, 0.6) is 11.5 Å². The molecule has 0 radical (unpaired) electrons. The molecule has 0 atom stereocenters. The average molecular weight is 484 g/mol. The lowest BCUT2D eigenvalue weighted by molar-refractivity contribution is 0.312. The second kappa shape index (κ2) is 9.71. The summed E-state index contributed by atoms with van der Waals surface area (Å²) in [6.45, 7) is 3.25. The third-order valence-corrected chi connectivity index (χ3v) is 6.03. The molecule has 0 aliphatic rings. The van der Waals surface area contributed by atoms with Gasteiger partial charge in [-0.15, -0.1) is 0 Å². The molecule has 0 amide bonds. The number of rotatable bonds is 7. The maximum Gasteiger partial charge on any atom is 0.344 e. The fraction of sp³-hybridized carbons (Fsp3) is 0.172. The van der Waals surface area contributed by atoms with Crippen LogP contribution in [0.4, 0.5) is 0 Å². The quantitative estimate of drug-likeness (QED) is 0.314. The van der Waals surface area contributed by atoms with E-state index < -0.39 is 11.3 Å². The lowest BCUT2D eigenvalue weighted by Crippen LogP contribution is -2.18. The minimum Gasteiger partial charge on any atom is -0.507 e. The third-order valence-electron chi connectivity index (χ3n) is 6.03. The van der Waals surface area contributed by atoms with Crippen LogP contribution in [0.2, 0.25) is 0 Å². The molecule has 0 saturated carbocycles. The molecule has 0 fully saturated rings. The molecule has 0 spiro atoms. The Morgan fingerprint density at radius 3 is 2.44 bits per heavy atom. The summed E-state index contributed by atoms with van der Waals surface area (Å²) in [6.07, 6.45) is 0. The molecule has 0 unspecified atom stereocenters. The van der Waals surface area contributed by atoms with Crippen LogP contribution >= 0.6 is 0 Å². The molecule has 0 saturated heterocycles. The standard InChI is InChI=1S/C29H25NO6/c1-3-34-25-11-7-10-19-14-22(29(33)36-27(19)25)21-15-26(32)35-28-20(21)12-13-24(31)23(28)17-30(2)16-18-8-5-4-6-9-18/h4-15,31H,3,16-17H2,1-2H3. The van der Waals surface area contributed by atoms with E-state index in [1.165, 1.54) is 6.07 Å². The van der Waals surface area contributed by atoms with Gasteiger partial charge in [-0.25, -0.2) is 9.59 Å². The van der Waals surface area contributed by atoms with Crippen molar-refractivity contribution in [1.82, 2.24) is 4.90 Å². The molecule has 2 heterocycles. The van der Waals surface area contributed by atoms with Crippen molar-refractivity contribution in [2.45, 2.75) is 20.0 Å². The van der Waals surface area contributed by atoms with Gasteiger partial charge < -0.3 is 18.7 Å². The van der Waals surface area contributed by atoms with Crippen molar-refractivity contribution in [2.24, 2.45) is 0 Å². The summed E-state index contributed by atoms with van der Waals surface area (Å²) >= 11 is 0. The van der Waals surface area contributed by atoms with Gasteiger partial charge in [0.05, 0.1) is 17.7 Å². The smallest absolute Gasteiger partial charge is 0.344 e. The second-order valence-electron chi connectivity index (χ2n) is 8.63. The molecular formula is C29H25NO6. The first kappa shape index (κ1) is 23.4. The zero-order valence-corrected chi connectivity index (χ0v) is 20.0.